The zero-order valence-electron chi connectivity index (χ0n) is 21.8. The Kier molecular flexibility index (Phi) is 8.51. The van der Waals surface area contributed by atoms with Gasteiger partial charge >= 0.3 is 0 Å². The van der Waals surface area contributed by atoms with Gasteiger partial charge in [0.2, 0.25) is 5.91 Å². The molecule has 2 amide bonds. The van der Waals surface area contributed by atoms with Crippen LogP contribution in [0.3, 0.4) is 0 Å². The van der Waals surface area contributed by atoms with Gasteiger partial charge in [-0.3, -0.25) is 9.59 Å². The number of fused-ring (bicyclic) bond motifs is 2. The van der Waals surface area contributed by atoms with Gasteiger partial charge in [-0.1, -0.05) is 58.4 Å². The summed E-state index contributed by atoms with van der Waals surface area (Å²) in [5.41, 5.74) is 3.76. The second-order valence-electron chi connectivity index (χ2n) is 9.52. The van der Waals surface area contributed by atoms with Crippen molar-refractivity contribution in [2.75, 3.05) is 24.4 Å². The molecule has 39 heavy (non-hydrogen) atoms. The van der Waals surface area contributed by atoms with Crippen molar-refractivity contribution in [1.29, 1.82) is 0 Å². The third kappa shape index (κ3) is 6.11. The van der Waals surface area contributed by atoms with Crippen molar-refractivity contribution in [2.24, 2.45) is 0 Å². The van der Waals surface area contributed by atoms with E-state index >= 15 is 0 Å². The van der Waals surface area contributed by atoms with E-state index in [-0.39, 0.29) is 11.8 Å². The minimum atomic E-state index is -0.631. The van der Waals surface area contributed by atoms with E-state index in [4.69, 9.17) is 14.2 Å². The Morgan fingerprint density at radius 1 is 0.949 bits per heavy atom. The maximum Gasteiger partial charge on any atom is 0.260 e. The van der Waals surface area contributed by atoms with Crippen LogP contribution >= 0.6 is 15.9 Å². The topological polar surface area (TPSA) is 77.1 Å². The van der Waals surface area contributed by atoms with Crippen LogP contribution in [-0.2, 0) is 11.4 Å². The van der Waals surface area contributed by atoms with Gasteiger partial charge in [-0.25, -0.2) is 0 Å². The monoisotopic (exact) mass is 590 g/mol. The van der Waals surface area contributed by atoms with Gasteiger partial charge in [0.25, 0.3) is 5.91 Å². The number of carbonyl (C=O) groups is 2. The Hall–Kier alpha value is -3.78. The molecule has 0 spiro atoms. The third-order valence-corrected chi connectivity index (χ3v) is 7.44. The first-order valence-electron chi connectivity index (χ1n) is 13.1. The summed E-state index contributed by atoms with van der Waals surface area (Å²) in [6.45, 7) is 1.02. The summed E-state index contributed by atoms with van der Waals surface area (Å²) < 4.78 is 17.4. The molecule has 2 aliphatic heterocycles. The molecular weight excluding hydrogens is 560 g/mol. The molecule has 5 rings (SSSR count). The largest absolute Gasteiger partial charge is 0.493 e. The Bertz CT molecular complexity index is 1360. The van der Waals surface area contributed by atoms with Crippen molar-refractivity contribution in [2.45, 2.75) is 38.3 Å². The molecular formula is C31H31BrN2O5. The summed E-state index contributed by atoms with van der Waals surface area (Å²) in [4.78, 5) is 28.3. The molecule has 8 heteroatoms. The number of carbonyl (C=O) groups excluding carboxylic acids is 2. The van der Waals surface area contributed by atoms with Crippen molar-refractivity contribution < 1.29 is 23.8 Å². The highest BCUT2D eigenvalue weighted by atomic mass is 79.9. The van der Waals surface area contributed by atoms with E-state index in [1.54, 1.807) is 25.4 Å². The van der Waals surface area contributed by atoms with Gasteiger partial charge in [-0.2, -0.15) is 0 Å². The first-order chi connectivity index (χ1) is 19.1. The normalized spacial score (nSPS) is 16.1. The summed E-state index contributed by atoms with van der Waals surface area (Å²) in [5.74, 6) is 1.24. The molecule has 0 saturated carbocycles. The molecule has 1 atom stereocenters. The fourth-order valence-electron chi connectivity index (χ4n) is 4.76. The highest BCUT2D eigenvalue weighted by molar-refractivity contribution is 9.09. The smallest absolute Gasteiger partial charge is 0.260 e. The van der Waals surface area contributed by atoms with Gasteiger partial charge < -0.3 is 24.4 Å². The maximum atomic E-state index is 13.6. The van der Waals surface area contributed by atoms with Crippen LogP contribution in [0.2, 0.25) is 0 Å². The van der Waals surface area contributed by atoms with E-state index in [2.05, 4.69) is 21.2 Å². The third-order valence-electron chi connectivity index (χ3n) is 6.88. The van der Waals surface area contributed by atoms with Crippen LogP contribution in [0, 0.1) is 0 Å². The highest BCUT2D eigenvalue weighted by Crippen LogP contribution is 2.39. The number of ether oxygens (including phenoxy) is 3. The summed E-state index contributed by atoms with van der Waals surface area (Å²) in [6, 6.07) is 20.4. The molecule has 0 aliphatic carbocycles. The average molecular weight is 592 g/mol. The SMILES string of the molecule is COc1cc2c(cc1OCCCCCBr)NC(=O)[C@@H]1CC(c3ccc(OCc4ccccc4)cc3)=CN1C2=O. The number of hydrogen-bond acceptors (Lipinski definition) is 5. The van der Waals surface area contributed by atoms with E-state index in [1.165, 1.54) is 4.90 Å². The molecule has 0 saturated heterocycles. The number of amides is 2. The van der Waals surface area contributed by atoms with Crippen LogP contribution in [-0.4, -0.2) is 41.8 Å². The van der Waals surface area contributed by atoms with Crippen molar-refractivity contribution in [1.82, 2.24) is 4.90 Å². The Balaban J connectivity index is 1.31. The molecule has 3 aromatic carbocycles. The summed E-state index contributed by atoms with van der Waals surface area (Å²) in [7, 11) is 1.54. The molecule has 1 N–H and O–H groups in total. The van der Waals surface area contributed by atoms with E-state index in [0.29, 0.717) is 42.4 Å². The minimum absolute atomic E-state index is 0.232. The Labute approximate surface area is 236 Å². The van der Waals surface area contributed by atoms with Gasteiger partial charge in [0.05, 0.1) is 25.0 Å². The fourth-order valence-corrected chi connectivity index (χ4v) is 5.15. The first-order valence-corrected chi connectivity index (χ1v) is 14.2. The number of halogens is 1. The maximum absolute atomic E-state index is 13.6. The number of anilines is 1. The predicted octanol–water partition coefficient (Wildman–Crippen LogP) is 6.43. The zero-order chi connectivity index (χ0) is 27.2. The molecule has 2 heterocycles. The van der Waals surface area contributed by atoms with Crippen LogP contribution < -0.4 is 19.5 Å². The first kappa shape index (κ1) is 26.8. The number of benzene rings is 3. The quantitative estimate of drug-likeness (QED) is 0.206. The molecule has 0 fully saturated rings. The number of alkyl halides is 1. The van der Waals surface area contributed by atoms with Crippen LogP contribution in [0.5, 0.6) is 17.2 Å². The van der Waals surface area contributed by atoms with Gasteiger partial charge in [0.1, 0.15) is 18.4 Å². The van der Waals surface area contributed by atoms with Crippen molar-refractivity contribution >= 4 is 39.0 Å². The van der Waals surface area contributed by atoms with E-state index in [9.17, 15) is 9.59 Å². The van der Waals surface area contributed by atoms with Gasteiger partial charge in [0, 0.05) is 24.0 Å². The number of nitrogens with one attached hydrogen (secondary N) is 1. The number of hydrogen-bond donors (Lipinski definition) is 1. The molecule has 0 unspecified atom stereocenters. The fraction of sp³-hybridized carbons (Fsp3) is 0.290. The molecule has 0 bridgehead atoms. The Morgan fingerprint density at radius 2 is 1.74 bits per heavy atom. The van der Waals surface area contributed by atoms with Crippen LogP contribution in [0.4, 0.5) is 5.69 Å². The number of nitrogens with zero attached hydrogens (tertiary/aromatic N) is 1. The van der Waals surface area contributed by atoms with Crippen molar-refractivity contribution in [3.8, 4) is 17.2 Å². The lowest BCUT2D eigenvalue weighted by molar-refractivity contribution is -0.119. The second-order valence-corrected chi connectivity index (χ2v) is 10.3. The van der Waals surface area contributed by atoms with E-state index in [1.807, 2.05) is 54.6 Å². The zero-order valence-corrected chi connectivity index (χ0v) is 23.4. The number of rotatable bonds is 11. The predicted molar refractivity (Wildman–Crippen MR) is 155 cm³/mol. The second kappa shape index (κ2) is 12.4. The average Bonchev–Trinajstić information content (AvgIpc) is 3.39. The summed E-state index contributed by atoms with van der Waals surface area (Å²) in [5, 5.41) is 3.91. The van der Waals surface area contributed by atoms with Crippen LogP contribution in [0.15, 0.2) is 72.9 Å². The molecule has 202 valence electrons. The number of unbranched alkanes of at least 4 members (excludes halogenated alkanes) is 2. The van der Waals surface area contributed by atoms with Gasteiger partial charge in [0.15, 0.2) is 11.5 Å². The van der Waals surface area contributed by atoms with E-state index < -0.39 is 6.04 Å². The lowest BCUT2D eigenvalue weighted by Crippen LogP contribution is -2.38. The standard InChI is InChI=1S/C31H31BrN2O5/c1-37-28-17-25-26(18-29(28)38-15-7-3-6-14-32)33-30(35)27-16-23(19-34(27)31(25)36)22-10-12-24(13-11-22)39-20-21-8-4-2-5-9-21/h2,4-5,8-13,17-19,27H,3,6-7,14-16,20H2,1H3,(H,33,35)/t27-/m0/s1. The molecule has 7 nitrogen and oxygen atoms in total. The highest BCUT2D eigenvalue weighted by Gasteiger charge is 2.39. The molecule has 2 aliphatic rings. The molecule has 3 aromatic rings. The number of methoxy groups -OCH3 is 1. The van der Waals surface area contributed by atoms with Crippen molar-refractivity contribution in [3.63, 3.8) is 0 Å². The van der Waals surface area contributed by atoms with Gasteiger partial charge in [-0.05, 0) is 54.2 Å². The van der Waals surface area contributed by atoms with Crippen LogP contribution in [0.1, 0.15) is 47.2 Å². The van der Waals surface area contributed by atoms with Gasteiger partial charge in [-0.15, -0.1) is 0 Å². The molecule has 0 aromatic heterocycles. The lowest BCUT2D eigenvalue weighted by Gasteiger charge is -2.18. The molecule has 0 radical (unpaired) electrons. The van der Waals surface area contributed by atoms with Crippen LogP contribution in [0.25, 0.3) is 5.57 Å². The summed E-state index contributed by atoms with van der Waals surface area (Å²) >= 11 is 3.44. The minimum Gasteiger partial charge on any atom is -0.493 e. The van der Waals surface area contributed by atoms with Crippen molar-refractivity contribution in [3.05, 3.63) is 89.6 Å². The Morgan fingerprint density at radius 3 is 2.49 bits per heavy atom. The van der Waals surface area contributed by atoms with E-state index in [0.717, 1.165) is 47.0 Å². The summed E-state index contributed by atoms with van der Waals surface area (Å²) in [6.07, 6.45) is 5.23. The lowest BCUT2D eigenvalue weighted by atomic mass is 10.0.